The molecule has 3 nitrogen and oxygen atoms in total. The van der Waals surface area contributed by atoms with Gasteiger partial charge in [-0.3, -0.25) is 4.79 Å². The number of ether oxygens (including phenoxy) is 2. The van der Waals surface area contributed by atoms with E-state index in [0.717, 1.165) is 0 Å². The highest BCUT2D eigenvalue weighted by Gasteiger charge is 2.18. The smallest absolute Gasteiger partial charge is 0.305 e. The summed E-state index contributed by atoms with van der Waals surface area (Å²) in [6, 6.07) is 0. The zero-order chi connectivity index (χ0) is 9.61. The average molecular weight is 174 g/mol. The third kappa shape index (κ3) is 5.13. The van der Waals surface area contributed by atoms with Crippen LogP contribution < -0.4 is 0 Å². The van der Waals surface area contributed by atoms with Gasteiger partial charge in [0.25, 0.3) is 0 Å². The second-order valence-corrected chi connectivity index (χ2v) is 3.27. The predicted octanol–water partition coefficient (Wildman–Crippen LogP) is 1.75. The minimum absolute atomic E-state index is 0.178. The van der Waals surface area contributed by atoms with Crippen LogP contribution in [0.25, 0.3) is 0 Å². The highest BCUT2D eigenvalue weighted by atomic mass is 16.5. The molecule has 0 aliphatic rings. The Bertz CT molecular complexity index is 141. The second-order valence-electron chi connectivity index (χ2n) is 3.27. The van der Waals surface area contributed by atoms with Gasteiger partial charge >= 0.3 is 5.97 Å². The van der Waals surface area contributed by atoms with Gasteiger partial charge < -0.3 is 9.47 Å². The third-order valence-corrected chi connectivity index (χ3v) is 1.69. The Balaban J connectivity index is 3.67. The normalized spacial score (nSPS) is 11.3. The second kappa shape index (κ2) is 5.14. The third-order valence-electron chi connectivity index (χ3n) is 1.69. The summed E-state index contributed by atoms with van der Waals surface area (Å²) >= 11 is 0. The molecule has 72 valence electrons. The van der Waals surface area contributed by atoms with Crippen LogP contribution >= 0.6 is 0 Å². The van der Waals surface area contributed by atoms with Crippen LogP contribution in [0, 0.1) is 0 Å². The lowest BCUT2D eigenvalue weighted by Crippen LogP contribution is -2.25. The van der Waals surface area contributed by atoms with Gasteiger partial charge in [0.05, 0.1) is 12.7 Å². The van der Waals surface area contributed by atoms with Crippen molar-refractivity contribution in [3.63, 3.8) is 0 Å². The van der Waals surface area contributed by atoms with Crippen LogP contribution in [0.2, 0.25) is 0 Å². The van der Waals surface area contributed by atoms with Gasteiger partial charge in [-0.15, -0.1) is 0 Å². The summed E-state index contributed by atoms with van der Waals surface area (Å²) in [5.74, 6) is -0.178. The Hall–Kier alpha value is -0.570. The molecule has 0 aromatic rings. The van der Waals surface area contributed by atoms with Crippen molar-refractivity contribution in [2.45, 2.75) is 39.2 Å². The molecule has 0 bridgehead atoms. The number of rotatable bonds is 5. The van der Waals surface area contributed by atoms with Crippen molar-refractivity contribution in [2.24, 2.45) is 0 Å². The number of esters is 1. The Morgan fingerprint density at radius 1 is 1.42 bits per heavy atom. The standard InChI is InChI=1S/C9H18O3/c1-5-12-9(2,3)7-6-8(10)11-4/h5-7H2,1-4H3. The molecule has 0 radical (unpaired) electrons. The molecule has 0 atom stereocenters. The predicted molar refractivity (Wildman–Crippen MR) is 47.0 cm³/mol. The van der Waals surface area contributed by atoms with Gasteiger partial charge in [-0.1, -0.05) is 0 Å². The van der Waals surface area contributed by atoms with Crippen molar-refractivity contribution in [2.75, 3.05) is 13.7 Å². The SMILES string of the molecule is CCOC(C)(C)CCC(=O)OC. The fourth-order valence-electron chi connectivity index (χ4n) is 0.968. The molecule has 0 amide bonds. The molecular weight excluding hydrogens is 156 g/mol. The summed E-state index contributed by atoms with van der Waals surface area (Å²) in [4.78, 5) is 10.8. The number of methoxy groups -OCH3 is 1. The van der Waals surface area contributed by atoms with Crippen LogP contribution in [0.3, 0.4) is 0 Å². The largest absolute Gasteiger partial charge is 0.469 e. The van der Waals surface area contributed by atoms with E-state index in [1.807, 2.05) is 20.8 Å². The first kappa shape index (κ1) is 11.4. The minimum Gasteiger partial charge on any atom is -0.469 e. The van der Waals surface area contributed by atoms with Crippen LogP contribution in [0.15, 0.2) is 0 Å². The zero-order valence-electron chi connectivity index (χ0n) is 8.35. The van der Waals surface area contributed by atoms with E-state index in [1.165, 1.54) is 7.11 Å². The highest BCUT2D eigenvalue weighted by Crippen LogP contribution is 2.16. The molecule has 0 aromatic heterocycles. The first-order valence-electron chi connectivity index (χ1n) is 4.22. The monoisotopic (exact) mass is 174 g/mol. The molecule has 0 rings (SSSR count). The topological polar surface area (TPSA) is 35.5 Å². The molecule has 0 N–H and O–H groups in total. The van der Waals surface area contributed by atoms with E-state index in [1.54, 1.807) is 0 Å². The molecule has 12 heavy (non-hydrogen) atoms. The van der Waals surface area contributed by atoms with Gasteiger partial charge in [-0.25, -0.2) is 0 Å². The van der Waals surface area contributed by atoms with E-state index in [9.17, 15) is 4.79 Å². The first-order valence-corrected chi connectivity index (χ1v) is 4.22. The number of carbonyl (C=O) groups excluding carboxylic acids is 1. The lowest BCUT2D eigenvalue weighted by molar-refractivity contribution is -0.142. The molecule has 0 spiro atoms. The summed E-state index contributed by atoms with van der Waals surface area (Å²) in [6.45, 7) is 6.56. The number of hydrogen-bond acceptors (Lipinski definition) is 3. The summed E-state index contributed by atoms with van der Waals surface area (Å²) in [5, 5.41) is 0. The number of hydrogen-bond donors (Lipinski definition) is 0. The van der Waals surface area contributed by atoms with Gasteiger partial charge in [-0.05, 0) is 27.2 Å². The molecular formula is C9H18O3. The molecule has 0 aliphatic heterocycles. The molecule has 0 saturated carbocycles. The van der Waals surface area contributed by atoms with E-state index in [4.69, 9.17) is 4.74 Å². The van der Waals surface area contributed by atoms with Crippen molar-refractivity contribution in [1.82, 2.24) is 0 Å². The van der Waals surface area contributed by atoms with Crippen molar-refractivity contribution in [1.29, 1.82) is 0 Å². The molecule has 0 heterocycles. The molecule has 0 aromatic carbocycles. The Morgan fingerprint density at radius 2 is 2.00 bits per heavy atom. The molecule has 0 saturated heterocycles. The maximum Gasteiger partial charge on any atom is 0.305 e. The van der Waals surface area contributed by atoms with Crippen molar-refractivity contribution >= 4 is 5.97 Å². The lowest BCUT2D eigenvalue weighted by Gasteiger charge is -2.23. The van der Waals surface area contributed by atoms with E-state index < -0.39 is 0 Å². The highest BCUT2D eigenvalue weighted by molar-refractivity contribution is 5.69. The van der Waals surface area contributed by atoms with Crippen LogP contribution in [-0.2, 0) is 14.3 Å². The molecule has 3 heteroatoms. The van der Waals surface area contributed by atoms with E-state index >= 15 is 0 Å². The van der Waals surface area contributed by atoms with Gasteiger partial charge in [0.2, 0.25) is 0 Å². The number of carbonyl (C=O) groups is 1. The van der Waals surface area contributed by atoms with Crippen molar-refractivity contribution in [3.8, 4) is 0 Å². The van der Waals surface area contributed by atoms with Crippen LogP contribution in [-0.4, -0.2) is 25.3 Å². The summed E-state index contributed by atoms with van der Waals surface area (Å²) < 4.78 is 9.95. The van der Waals surface area contributed by atoms with Gasteiger partial charge in [0.1, 0.15) is 0 Å². The van der Waals surface area contributed by atoms with Crippen LogP contribution in [0.1, 0.15) is 33.6 Å². The van der Waals surface area contributed by atoms with Gasteiger partial charge in [0, 0.05) is 13.0 Å². The fraction of sp³-hybridized carbons (Fsp3) is 0.889. The maximum absolute atomic E-state index is 10.8. The van der Waals surface area contributed by atoms with E-state index in [-0.39, 0.29) is 11.6 Å². The van der Waals surface area contributed by atoms with Gasteiger partial charge in [0.15, 0.2) is 0 Å². The molecule has 0 fully saturated rings. The Kier molecular flexibility index (Phi) is 4.90. The Labute approximate surface area is 74.0 Å². The quantitative estimate of drug-likeness (QED) is 0.596. The lowest BCUT2D eigenvalue weighted by atomic mass is 10.0. The molecule has 0 aliphatic carbocycles. The summed E-state index contributed by atoms with van der Waals surface area (Å²) in [6.07, 6.45) is 1.12. The van der Waals surface area contributed by atoms with Gasteiger partial charge in [-0.2, -0.15) is 0 Å². The Morgan fingerprint density at radius 3 is 2.42 bits per heavy atom. The van der Waals surface area contributed by atoms with E-state index in [0.29, 0.717) is 19.4 Å². The van der Waals surface area contributed by atoms with Crippen molar-refractivity contribution < 1.29 is 14.3 Å². The van der Waals surface area contributed by atoms with Crippen LogP contribution in [0.4, 0.5) is 0 Å². The van der Waals surface area contributed by atoms with E-state index in [2.05, 4.69) is 4.74 Å². The fourth-order valence-corrected chi connectivity index (χ4v) is 0.968. The average Bonchev–Trinajstić information content (AvgIpc) is 2.00. The summed E-state index contributed by atoms with van der Waals surface area (Å²) in [7, 11) is 1.40. The summed E-state index contributed by atoms with van der Waals surface area (Å²) in [5.41, 5.74) is -0.219. The first-order chi connectivity index (χ1) is 5.52. The zero-order valence-corrected chi connectivity index (χ0v) is 8.35. The van der Waals surface area contributed by atoms with Crippen LogP contribution in [0.5, 0.6) is 0 Å². The maximum atomic E-state index is 10.8. The molecule has 0 unspecified atom stereocenters. The minimum atomic E-state index is -0.219. The van der Waals surface area contributed by atoms with Crippen molar-refractivity contribution in [3.05, 3.63) is 0 Å².